The zero-order valence-electron chi connectivity index (χ0n) is 7.95. The maximum Gasteiger partial charge on any atom is 0.313 e. The van der Waals surface area contributed by atoms with Gasteiger partial charge in [-0.25, -0.2) is 0 Å². The quantitative estimate of drug-likeness (QED) is 0.505. The van der Waals surface area contributed by atoms with Crippen molar-refractivity contribution in [1.82, 2.24) is 0 Å². The van der Waals surface area contributed by atoms with Gasteiger partial charge in [0.25, 0.3) is 5.69 Å². The second-order valence-electron chi connectivity index (χ2n) is 2.77. The van der Waals surface area contributed by atoms with Crippen LogP contribution in [0.25, 0.3) is 0 Å². The topological polar surface area (TPSA) is 80.4 Å². The Morgan fingerprint density at radius 3 is 2.44 bits per heavy atom. The number of rotatable bonds is 4. The molecule has 0 unspecified atom stereocenters. The Bertz CT molecular complexity index is 430. The van der Waals surface area contributed by atoms with Gasteiger partial charge in [0.05, 0.1) is 14.9 Å². The SMILES string of the molecule is O=C(O)CSC(=S)c1ccc([N+](=O)[O-])cc1. The van der Waals surface area contributed by atoms with Crippen LogP contribution in [0.2, 0.25) is 0 Å². The van der Waals surface area contributed by atoms with E-state index >= 15 is 0 Å². The molecule has 1 aromatic carbocycles. The van der Waals surface area contributed by atoms with Crippen LogP contribution in [0.5, 0.6) is 0 Å². The number of aliphatic carboxylic acids is 1. The predicted molar refractivity (Wildman–Crippen MR) is 64.9 cm³/mol. The molecule has 0 saturated heterocycles. The van der Waals surface area contributed by atoms with Crippen LogP contribution in [0, 0.1) is 10.1 Å². The highest BCUT2D eigenvalue weighted by molar-refractivity contribution is 8.24. The van der Waals surface area contributed by atoms with Crippen LogP contribution in [-0.2, 0) is 4.79 Å². The van der Waals surface area contributed by atoms with Gasteiger partial charge in [0.15, 0.2) is 0 Å². The Morgan fingerprint density at radius 1 is 1.44 bits per heavy atom. The van der Waals surface area contributed by atoms with Crippen molar-refractivity contribution in [3.8, 4) is 0 Å². The highest BCUT2D eigenvalue weighted by atomic mass is 32.2. The third-order valence-electron chi connectivity index (χ3n) is 1.64. The van der Waals surface area contributed by atoms with E-state index in [0.29, 0.717) is 9.76 Å². The normalized spacial score (nSPS) is 9.75. The molecular formula is C9H7NO4S2. The minimum Gasteiger partial charge on any atom is -0.481 e. The number of thioether (sulfide) groups is 1. The van der Waals surface area contributed by atoms with E-state index in [1.54, 1.807) is 0 Å². The lowest BCUT2D eigenvalue weighted by Gasteiger charge is -2.01. The monoisotopic (exact) mass is 257 g/mol. The number of nitro benzene ring substituents is 1. The third kappa shape index (κ3) is 3.59. The van der Waals surface area contributed by atoms with Gasteiger partial charge in [-0.05, 0) is 17.7 Å². The molecule has 16 heavy (non-hydrogen) atoms. The average molecular weight is 257 g/mol. The minimum absolute atomic E-state index is 0.0187. The number of hydrogen-bond donors (Lipinski definition) is 1. The molecule has 0 spiro atoms. The fourth-order valence-corrected chi connectivity index (χ4v) is 1.80. The van der Waals surface area contributed by atoms with Crippen LogP contribution in [0.3, 0.4) is 0 Å². The number of carbonyl (C=O) groups is 1. The fourth-order valence-electron chi connectivity index (χ4n) is 0.930. The molecule has 1 aromatic rings. The summed E-state index contributed by atoms with van der Waals surface area (Å²) in [6.45, 7) is 0. The molecule has 0 bridgehead atoms. The Balaban J connectivity index is 2.70. The smallest absolute Gasteiger partial charge is 0.313 e. The molecule has 0 heterocycles. The molecule has 0 fully saturated rings. The summed E-state index contributed by atoms with van der Waals surface area (Å²) < 4.78 is 0.414. The first-order chi connectivity index (χ1) is 7.50. The van der Waals surface area contributed by atoms with Gasteiger partial charge in [0, 0.05) is 12.1 Å². The molecule has 0 saturated carbocycles. The van der Waals surface area contributed by atoms with Crippen molar-refractivity contribution >= 4 is 39.8 Å². The van der Waals surface area contributed by atoms with E-state index in [1.807, 2.05) is 0 Å². The summed E-state index contributed by atoms with van der Waals surface area (Å²) in [6, 6.07) is 5.69. The summed E-state index contributed by atoms with van der Waals surface area (Å²) >= 11 is 5.99. The number of hydrogen-bond acceptors (Lipinski definition) is 5. The standard InChI is InChI=1S/C9H7NO4S2/c11-8(12)5-16-9(15)6-1-3-7(4-2-6)10(13)14/h1-4H,5H2,(H,11,12). The lowest BCUT2D eigenvalue weighted by atomic mass is 10.2. The summed E-state index contributed by atoms with van der Waals surface area (Å²) in [5.74, 6) is -1.07. The summed E-state index contributed by atoms with van der Waals surface area (Å²) in [6.07, 6.45) is 0. The van der Waals surface area contributed by atoms with Crippen molar-refractivity contribution in [3.05, 3.63) is 39.9 Å². The summed E-state index contributed by atoms with van der Waals surface area (Å²) in [5.41, 5.74) is 0.599. The lowest BCUT2D eigenvalue weighted by Crippen LogP contribution is -2.02. The maximum atomic E-state index is 10.4. The molecule has 0 aliphatic rings. The Kier molecular flexibility index (Phi) is 4.39. The highest BCUT2D eigenvalue weighted by Gasteiger charge is 2.08. The Morgan fingerprint density at radius 2 is 2.00 bits per heavy atom. The molecular weight excluding hydrogens is 250 g/mol. The van der Waals surface area contributed by atoms with E-state index in [-0.39, 0.29) is 11.4 Å². The lowest BCUT2D eigenvalue weighted by molar-refractivity contribution is -0.384. The molecule has 1 rings (SSSR count). The summed E-state index contributed by atoms with van der Waals surface area (Å²) in [5, 5.41) is 18.8. The second-order valence-corrected chi connectivity index (χ2v) is 4.43. The molecule has 0 aliphatic carbocycles. The third-order valence-corrected chi connectivity index (χ3v) is 3.12. The molecule has 7 heteroatoms. The first-order valence-corrected chi connectivity index (χ1v) is 5.53. The van der Waals surface area contributed by atoms with Crippen LogP contribution < -0.4 is 0 Å². The predicted octanol–water partition coefficient (Wildman–Crippen LogP) is 2.09. The second kappa shape index (κ2) is 5.57. The highest BCUT2D eigenvalue weighted by Crippen LogP contribution is 2.17. The van der Waals surface area contributed by atoms with E-state index in [9.17, 15) is 14.9 Å². The molecule has 0 aliphatic heterocycles. The van der Waals surface area contributed by atoms with Gasteiger partial charge in [-0.2, -0.15) is 0 Å². The van der Waals surface area contributed by atoms with Crippen molar-refractivity contribution in [1.29, 1.82) is 0 Å². The van der Waals surface area contributed by atoms with Gasteiger partial charge in [0.1, 0.15) is 0 Å². The Labute approximate surface area is 101 Å². The van der Waals surface area contributed by atoms with E-state index in [4.69, 9.17) is 17.3 Å². The number of thiocarbonyl (C=S) groups is 1. The maximum absolute atomic E-state index is 10.4. The van der Waals surface area contributed by atoms with E-state index in [1.165, 1.54) is 24.3 Å². The number of carboxylic acids is 1. The van der Waals surface area contributed by atoms with Gasteiger partial charge >= 0.3 is 5.97 Å². The molecule has 0 aromatic heterocycles. The number of non-ortho nitro benzene ring substituents is 1. The van der Waals surface area contributed by atoms with Crippen molar-refractivity contribution in [2.75, 3.05) is 5.75 Å². The molecule has 0 radical (unpaired) electrons. The van der Waals surface area contributed by atoms with Crippen molar-refractivity contribution in [2.24, 2.45) is 0 Å². The zero-order chi connectivity index (χ0) is 12.1. The van der Waals surface area contributed by atoms with E-state index in [0.717, 1.165) is 11.8 Å². The molecule has 1 N–H and O–H groups in total. The Hall–Kier alpha value is -1.47. The summed E-state index contributed by atoms with van der Waals surface area (Å²) in [4.78, 5) is 20.2. The van der Waals surface area contributed by atoms with Crippen LogP contribution >= 0.6 is 24.0 Å². The average Bonchev–Trinajstić information content (AvgIpc) is 2.26. The number of benzene rings is 1. The van der Waals surface area contributed by atoms with Crippen LogP contribution in [-0.4, -0.2) is 25.9 Å². The van der Waals surface area contributed by atoms with Crippen LogP contribution in [0.15, 0.2) is 24.3 Å². The van der Waals surface area contributed by atoms with Gasteiger partial charge in [-0.3, -0.25) is 14.9 Å². The van der Waals surface area contributed by atoms with Gasteiger partial charge in [-0.1, -0.05) is 12.2 Å². The largest absolute Gasteiger partial charge is 0.481 e. The van der Waals surface area contributed by atoms with Gasteiger partial charge in [0.2, 0.25) is 0 Å². The minimum atomic E-state index is -0.950. The number of nitrogens with zero attached hydrogens (tertiary/aromatic N) is 1. The van der Waals surface area contributed by atoms with Gasteiger partial charge < -0.3 is 5.11 Å². The van der Waals surface area contributed by atoms with Crippen molar-refractivity contribution in [2.45, 2.75) is 0 Å². The van der Waals surface area contributed by atoms with Crippen molar-refractivity contribution in [3.63, 3.8) is 0 Å². The molecule has 84 valence electrons. The van der Waals surface area contributed by atoms with Crippen molar-refractivity contribution < 1.29 is 14.8 Å². The van der Waals surface area contributed by atoms with Crippen LogP contribution in [0.1, 0.15) is 5.56 Å². The molecule has 0 atom stereocenters. The number of carboxylic acid groups (broad SMARTS) is 1. The van der Waals surface area contributed by atoms with E-state index < -0.39 is 10.9 Å². The number of nitro groups is 1. The van der Waals surface area contributed by atoms with Crippen LogP contribution in [0.4, 0.5) is 5.69 Å². The zero-order valence-corrected chi connectivity index (χ0v) is 9.59. The first-order valence-electron chi connectivity index (χ1n) is 4.14. The fraction of sp³-hybridized carbons (Fsp3) is 0.111. The molecule has 5 nitrogen and oxygen atoms in total. The first kappa shape index (κ1) is 12.6. The molecule has 0 amide bonds. The summed E-state index contributed by atoms with van der Waals surface area (Å²) in [7, 11) is 0. The van der Waals surface area contributed by atoms with E-state index in [2.05, 4.69) is 0 Å². The van der Waals surface area contributed by atoms with Gasteiger partial charge in [-0.15, -0.1) is 11.8 Å².